The van der Waals surface area contributed by atoms with E-state index in [9.17, 15) is 18.0 Å². The van der Waals surface area contributed by atoms with Gasteiger partial charge in [-0.1, -0.05) is 0 Å². The Kier molecular flexibility index (Phi) is 2.03. The predicted octanol–water partition coefficient (Wildman–Crippen LogP) is 0.156. The number of amides is 1. The van der Waals surface area contributed by atoms with E-state index in [1.54, 1.807) is 0 Å². The fraction of sp³-hybridized carbons (Fsp3) is 0.833. The Morgan fingerprint density at radius 1 is 1.50 bits per heavy atom. The minimum atomic E-state index is -4.80. The molecule has 0 atom stereocenters. The van der Waals surface area contributed by atoms with Gasteiger partial charge in [-0.25, -0.2) is 0 Å². The van der Waals surface area contributed by atoms with Gasteiger partial charge in [-0.15, -0.1) is 0 Å². The standard InChI is InChI=1S/C6H9F3N2O/c7-6(8,9)4(12)11-5(3-10)1-2-5/h1-3,10H2,(H,11,12). The van der Waals surface area contributed by atoms with Crippen LogP contribution in [0.2, 0.25) is 0 Å². The first kappa shape index (κ1) is 9.31. The van der Waals surface area contributed by atoms with Gasteiger partial charge in [0.15, 0.2) is 0 Å². The van der Waals surface area contributed by atoms with Crippen molar-refractivity contribution in [2.45, 2.75) is 24.6 Å². The topological polar surface area (TPSA) is 55.1 Å². The van der Waals surface area contributed by atoms with Gasteiger partial charge in [0.2, 0.25) is 0 Å². The molecular formula is C6H9F3N2O. The first-order valence-electron chi connectivity index (χ1n) is 3.49. The zero-order chi connectivity index (χ0) is 9.41. The van der Waals surface area contributed by atoms with Crippen LogP contribution in [0.15, 0.2) is 0 Å². The molecule has 6 heteroatoms. The summed E-state index contributed by atoms with van der Waals surface area (Å²) in [4.78, 5) is 10.4. The van der Waals surface area contributed by atoms with Crippen molar-refractivity contribution >= 4 is 5.91 Å². The molecule has 0 aromatic rings. The number of alkyl halides is 3. The van der Waals surface area contributed by atoms with Crippen LogP contribution >= 0.6 is 0 Å². The smallest absolute Gasteiger partial charge is 0.342 e. The monoisotopic (exact) mass is 182 g/mol. The first-order valence-corrected chi connectivity index (χ1v) is 3.49. The van der Waals surface area contributed by atoms with Gasteiger partial charge < -0.3 is 11.1 Å². The van der Waals surface area contributed by atoms with Gasteiger partial charge >= 0.3 is 12.1 Å². The molecule has 1 aliphatic carbocycles. The maximum absolute atomic E-state index is 11.7. The molecular weight excluding hydrogens is 173 g/mol. The van der Waals surface area contributed by atoms with Crippen molar-refractivity contribution in [1.82, 2.24) is 5.32 Å². The van der Waals surface area contributed by atoms with E-state index < -0.39 is 17.6 Å². The Morgan fingerprint density at radius 2 is 2.00 bits per heavy atom. The number of halogens is 3. The van der Waals surface area contributed by atoms with Gasteiger partial charge in [0.25, 0.3) is 0 Å². The van der Waals surface area contributed by atoms with Crippen LogP contribution in [0.4, 0.5) is 13.2 Å². The van der Waals surface area contributed by atoms with Crippen LogP contribution < -0.4 is 11.1 Å². The summed E-state index contributed by atoms with van der Waals surface area (Å²) in [6.45, 7) is 0.0643. The molecule has 3 nitrogen and oxygen atoms in total. The molecule has 0 radical (unpaired) electrons. The molecule has 0 unspecified atom stereocenters. The lowest BCUT2D eigenvalue weighted by molar-refractivity contribution is -0.174. The van der Waals surface area contributed by atoms with Gasteiger partial charge in [-0.3, -0.25) is 4.79 Å². The molecule has 1 amide bonds. The quantitative estimate of drug-likeness (QED) is 0.639. The minimum absolute atomic E-state index is 0.0643. The van der Waals surface area contributed by atoms with E-state index in [-0.39, 0.29) is 6.54 Å². The Balaban J connectivity index is 2.47. The summed E-state index contributed by atoms with van der Waals surface area (Å²) in [6, 6.07) is 0. The SMILES string of the molecule is NCC1(NC(=O)C(F)(F)F)CC1. The van der Waals surface area contributed by atoms with E-state index in [2.05, 4.69) is 0 Å². The van der Waals surface area contributed by atoms with E-state index in [0.29, 0.717) is 12.8 Å². The molecule has 1 aliphatic rings. The lowest BCUT2D eigenvalue weighted by Gasteiger charge is -2.15. The number of hydrogen-bond donors (Lipinski definition) is 2. The second-order valence-corrected chi connectivity index (χ2v) is 2.94. The molecule has 0 aromatic carbocycles. The minimum Gasteiger partial charge on any atom is -0.342 e. The van der Waals surface area contributed by atoms with Crippen molar-refractivity contribution in [3.05, 3.63) is 0 Å². The molecule has 0 heterocycles. The summed E-state index contributed by atoms with van der Waals surface area (Å²) in [5, 5.41) is 1.87. The third-order valence-corrected chi connectivity index (χ3v) is 1.88. The molecule has 70 valence electrons. The summed E-state index contributed by atoms with van der Waals surface area (Å²) in [5.41, 5.74) is 4.41. The predicted molar refractivity (Wildman–Crippen MR) is 35.2 cm³/mol. The molecule has 0 spiro atoms. The zero-order valence-corrected chi connectivity index (χ0v) is 6.24. The highest BCUT2D eigenvalue weighted by Gasteiger charge is 2.49. The van der Waals surface area contributed by atoms with Gasteiger partial charge in [-0.05, 0) is 12.8 Å². The van der Waals surface area contributed by atoms with Crippen LogP contribution in [0.5, 0.6) is 0 Å². The maximum Gasteiger partial charge on any atom is 0.471 e. The summed E-state index contributed by atoms with van der Waals surface area (Å²) in [5.74, 6) is -1.90. The van der Waals surface area contributed by atoms with E-state index in [1.807, 2.05) is 5.32 Å². The Morgan fingerprint density at radius 3 is 2.25 bits per heavy atom. The van der Waals surface area contributed by atoms with Crippen molar-refractivity contribution in [2.75, 3.05) is 6.54 Å². The lowest BCUT2D eigenvalue weighted by atomic mass is 10.3. The highest BCUT2D eigenvalue weighted by molar-refractivity contribution is 5.82. The second kappa shape index (κ2) is 2.62. The number of carbonyl (C=O) groups excluding carboxylic acids is 1. The van der Waals surface area contributed by atoms with Crippen LogP contribution in [0.25, 0.3) is 0 Å². The number of nitrogens with two attached hydrogens (primary N) is 1. The molecule has 1 saturated carbocycles. The number of rotatable bonds is 2. The average molecular weight is 182 g/mol. The largest absolute Gasteiger partial charge is 0.471 e. The number of hydrogen-bond acceptors (Lipinski definition) is 2. The molecule has 1 rings (SSSR count). The summed E-state index contributed by atoms with van der Waals surface area (Å²) in [7, 11) is 0. The zero-order valence-electron chi connectivity index (χ0n) is 6.24. The van der Waals surface area contributed by atoms with Gasteiger partial charge in [0.1, 0.15) is 0 Å². The molecule has 12 heavy (non-hydrogen) atoms. The van der Waals surface area contributed by atoms with E-state index in [0.717, 1.165) is 0 Å². The van der Waals surface area contributed by atoms with Crippen LogP contribution in [-0.2, 0) is 4.79 Å². The molecule has 3 N–H and O–H groups in total. The molecule has 0 aromatic heterocycles. The number of carbonyl (C=O) groups is 1. The third kappa shape index (κ3) is 1.88. The fourth-order valence-electron chi connectivity index (χ4n) is 0.843. The van der Waals surface area contributed by atoms with Crippen LogP contribution in [-0.4, -0.2) is 24.2 Å². The Labute approximate surface area is 67.1 Å². The second-order valence-electron chi connectivity index (χ2n) is 2.94. The molecule has 0 aliphatic heterocycles. The van der Waals surface area contributed by atoms with Crippen molar-refractivity contribution in [1.29, 1.82) is 0 Å². The van der Waals surface area contributed by atoms with Crippen molar-refractivity contribution < 1.29 is 18.0 Å². The average Bonchev–Trinajstić information content (AvgIpc) is 2.67. The fourth-order valence-corrected chi connectivity index (χ4v) is 0.843. The van der Waals surface area contributed by atoms with Gasteiger partial charge in [0.05, 0.1) is 5.54 Å². The van der Waals surface area contributed by atoms with E-state index in [4.69, 9.17) is 5.73 Å². The number of nitrogens with one attached hydrogen (secondary N) is 1. The van der Waals surface area contributed by atoms with E-state index in [1.165, 1.54) is 0 Å². The van der Waals surface area contributed by atoms with Gasteiger partial charge in [0, 0.05) is 6.54 Å². The molecule has 0 saturated heterocycles. The van der Waals surface area contributed by atoms with Crippen molar-refractivity contribution in [2.24, 2.45) is 5.73 Å². The van der Waals surface area contributed by atoms with E-state index >= 15 is 0 Å². The summed E-state index contributed by atoms with van der Waals surface area (Å²) < 4.78 is 35.1. The Bertz CT molecular complexity index is 197. The molecule has 1 fully saturated rings. The van der Waals surface area contributed by atoms with Gasteiger partial charge in [-0.2, -0.15) is 13.2 Å². The molecule has 0 bridgehead atoms. The van der Waals surface area contributed by atoms with Crippen LogP contribution in [0.3, 0.4) is 0 Å². The van der Waals surface area contributed by atoms with Crippen molar-refractivity contribution in [3.63, 3.8) is 0 Å². The highest BCUT2D eigenvalue weighted by atomic mass is 19.4. The van der Waals surface area contributed by atoms with Crippen LogP contribution in [0.1, 0.15) is 12.8 Å². The van der Waals surface area contributed by atoms with Crippen molar-refractivity contribution in [3.8, 4) is 0 Å². The summed E-state index contributed by atoms with van der Waals surface area (Å²) in [6.07, 6.45) is -3.73. The first-order chi connectivity index (χ1) is 5.40. The normalized spacial score (nSPS) is 20.3. The highest BCUT2D eigenvalue weighted by Crippen LogP contribution is 2.34. The van der Waals surface area contributed by atoms with Crippen LogP contribution in [0, 0.1) is 0 Å². The third-order valence-electron chi connectivity index (χ3n) is 1.88. The Hall–Kier alpha value is -0.780. The summed E-state index contributed by atoms with van der Waals surface area (Å²) >= 11 is 0. The lowest BCUT2D eigenvalue weighted by Crippen LogP contribution is -2.48. The maximum atomic E-state index is 11.7.